The van der Waals surface area contributed by atoms with E-state index in [0.29, 0.717) is 17.2 Å². The summed E-state index contributed by atoms with van der Waals surface area (Å²) in [6, 6.07) is 5.59. The molecule has 23 heavy (non-hydrogen) atoms. The predicted octanol–water partition coefficient (Wildman–Crippen LogP) is 2.98. The number of ether oxygens (including phenoxy) is 3. The summed E-state index contributed by atoms with van der Waals surface area (Å²) in [5.74, 6) is 2.00. The maximum Gasteiger partial charge on any atom is 0.221 e. The van der Waals surface area contributed by atoms with Gasteiger partial charge in [-0.25, -0.2) is 9.97 Å². The van der Waals surface area contributed by atoms with Gasteiger partial charge in [-0.3, -0.25) is 0 Å². The van der Waals surface area contributed by atoms with Crippen molar-refractivity contribution in [2.45, 2.75) is 5.03 Å². The van der Waals surface area contributed by atoms with E-state index in [2.05, 4.69) is 9.97 Å². The summed E-state index contributed by atoms with van der Waals surface area (Å²) in [4.78, 5) is 8.32. The van der Waals surface area contributed by atoms with Crippen molar-refractivity contribution in [1.82, 2.24) is 9.97 Å². The van der Waals surface area contributed by atoms with Gasteiger partial charge in [0, 0.05) is 0 Å². The van der Waals surface area contributed by atoms with Crippen LogP contribution in [0.25, 0.3) is 12.2 Å². The Hall–Kier alpha value is -2.41. The summed E-state index contributed by atoms with van der Waals surface area (Å²) in [6.07, 6.45) is 5.70. The first-order valence-electron chi connectivity index (χ1n) is 6.78. The molecule has 1 heterocycles. The Morgan fingerprint density at radius 3 is 2.13 bits per heavy atom. The molecule has 0 unspecified atom stereocenters. The van der Waals surface area contributed by atoms with Gasteiger partial charge in [-0.2, -0.15) is 0 Å². The fourth-order valence-corrected chi connectivity index (χ4v) is 2.45. The van der Waals surface area contributed by atoms with Crippen LogP contribution in [-0.4, -0.2) is 37.6 Å². The molecule has 2 aromatic rings. The van der Waals surface area contributed by atoms with Crippen LogP contribution in [0.5, 0.6) is 17.2 Å². The highest BCUT2D eigenvalue weighted by Crippen LogP contribution is 2.38. The molecular formula is C16H19N3O3S. The van der Waals surface area contributed by atoms with Crippen molar-refractivity contribution in [2.24, 2.45) is 0 Å². The molecule has 0 aliphatic rings. The minimum Gasteiger partial charge on any atom is -0.493 e. The molecule has 0 amide bonds. The van der Waals surface area contributed by atoms with E-state index in [1.165, 1.54) is 11.8 Å². The summed E-state index contributed by atoms with van der Waals surface area (Å²) < 4.78 is 16.0. The molecule has 0 fully saturated rings. The van der Waals surface area contributed by atoms with Crippen LogP contribution in [-0.2, 0) is 0 Å². The van der Waals surface area contributed by atoms with Gasteiger partial charge in [-0.15, -0.1) is 11.8 Å². The van der Waals surface area contributed by atoms with Gasteiger partial charge in [0.15, 0.2) is 11.5 Å². The second-order valence-corrected chi connectivity index (χ2v) is 5.31. The van der Waals surface area contributed by atoms with Crippen molar-refractivity contribution in [3.05, 3.63) is 29.5 Å². The predicted molar refractivity (Wildman–Crippen MR) is 93.3 cm³/mol. The van der Waals surface area contributed by atoms with E-state index < -0.39 is 0 Å². The number of nitrogens with two attached hydrogens (primary N) is 1. The van der Waals surface area contributed by atoms with Crippen molar-refractivity contribution in [3.63, 3.8) is 0 Å². The number of hydrogen-bond donors (Lipinski definition) is 1. The number of hydrogen-bond acceptors (Lipinski definition) is 7. The van der Waals surface area contributed by atoms with Crippen LogP contribution in [0.2, 0.25) is 0 Å². The van der Waals surface area contributed by atoms with Gasteiger partial charge in [-0.1, -0.05) is 6.08 Å². The average molecular weight is 333 g/mol. The summed E-state index contributed by atoms with van der Waals surface area (Å²) in [5.41, 5.74) is 7.33. The smallest absolute Gasteiger partial charge is 0.221 e. The molecule has 0 bridgehead atoms. The molecule has 1 aromatic carbocycles. The van der Waals surface area contributed by atoms with Crippen LogP contribution >= 0.6 is 11.8 Å². The van der Waals surface area contributed by atoms with Gasteiger partial charge in [0.05, 0.1) is 27.0 Å². The molecule has 2 rings (SSSR count). The van der Waals surface area contributed by atoms with E-state index in [9.17, 15) is 0 Å². The zero-order valence-electron chi connectivity index (χ0n) is 13.5. The largest absolute Gasteiger partial charge is 0.493 e. The normalized spacial score (nSPS) is 10.8. The maximum absolute atomic E-state index is 5.71. The third kappa shape index (κ3) is 4.07. The van der Waals surface area contributed by atoms with E-state index in [1.807, 2.05) is 36.6 Å². The molecule has 0 aliphatic carbocycles. The first-order valence-corrected chi connectivity index (χ1v) is 8.00. The van der Waals surface area contributed by atoms with Gasteiger partial charge in [0.1, 0.15) is 5.03 Å². The van der Waals surface area contributed by atoms with E-state index in [0.717, 1.165) is 16.3 Å². The molecule has 0 radical (unpaired) electrons. The van der Waals surface area contributed by atoms with E-state index in [1.54, 1.807) is 21.3 Å². The van der Waals surface area contributed by atoms with Crippen molar-refractivity contribution in [3.8, 4) is 17.2 Å². The van der Waals surface area contributed by atoms with Gasteiger partial charge in [0.25, 0.3) is 0 Å². The Labute approximate surface area is 139 Å². The Bertz CT molecular complexity index is 695. The summed E-state index contributed by atoms with van der Waals surface area (Å²) in [5, 5.41) is 0.821. The van der Waals surface area contributed by atoms with Gasteiger partial charge >= 0.3 is 0 Å². The van der Waals surface area contributed by atoms with E-state index in [-0.39, 0.29) is 5.95 Å². The third-order valence-electron chi connectivity index (χ3n) is 3.08. The molecule has 0 saturated carbocycles. The lowest BCUT2D eigenvalue weighted by molar-refractivity contribution is 0.324. The molecular weight excluding hydrogens is 314 g/mol. The van der Waals surface area contributed by atoms with Crippen LogP contribution in [0.3, 0.4) is 0 Å². The Morgan fingerprint density at radius 2 is 1.61 bits per heavy atom. The molecule has 122 valence electrons. The zero-order chi connectivity index (χ0) is 16.8. The molecule has 1 aromatic heterocycles. The quantitative estimate of drug-likeness (QED) is 0.643. The van der Waals surface area contributed by atoms with Crippen LogP contribution in [0.4, 0.5) is 5.95 Å². The third-order valence-corrected chi connectivity index (χ3v) is 3.71. The number of nitrogen functional groups attached to an aromatic ring is 1. The lowest BCUT2D eigenvalue weighted by Gasteiger charge is -2.12. The van der Waals surface area contributed by atoms with Crippen molar-refractivity contribution in [2.75, 3.05) is 33.3 Å². The Morgan fingerprint density at radius 1 is 0.957 bits per heavy atom. The molecule has 0 aliphatic heterocycles. The number of benzene rings is 1. The van der Waals surface area contributed by atoms with Gasteiger partial charge < -0.3 is 19.9 Å². The molecule has 0 atom stereocenters. The Balaban J connectivity index is 2.37. The van der Waals surface area contributed by atoms with Crippen LogP contribution in [0, 0.1) is 0 Å². The minimum atomic E-state index is 0.251. The highest BCUT2D eigenvalue weighted by molar-refractivity contribution is 7.98. The average Bonchev–Trinajstić information content (AvgIpc) is 2.58. The monoisotopic (exact) mass is 333 g/mol. The lowest BCUT2D eigenvalue weighted by atomic mass is 10.1. The second kappa shape index (κ2) is 7.73. The van der Waals surface area contributed by atoms with Crippen molar-refractivity contribution < 1.29 is 14.2 Å². The van der Waals surface area contributed by atoms with Gasteiger partial charge in [0.2, 0.25) is 11.7 Å². The molecule has 6 nitrogen and oxygen atoms in total. The SMILES string of the molecule is COc1cc(/C=C/c2cc(SC)nc(N)n2)cc(OC)c1OC. The first-order chi connectivity index (χ1) is 11.1. The van der Waals surface area contributed by atoms with E-state index in [4.69, 9.17) is 19.9 Å². The Kier molecular flexibility index (Phi) is 5.70. The van der Waals surface area contributed by atoms with Crippen molar-refractivity contribution >= 4 is 29.9 Å². The first kappa shape index (κ1) is 17.0. The molecule has 7 heteroatoms. The molecule has 2 N–H and O–H groups in total. The fraction of sp³-hybridized carbons (Fsp3) is 0.250. The molecule has 0 spiro atoms. The lowest BCUT2D eigenvalue weighted by Crippen LogP contribution is -1.97. The number of methoxy groups -OCH3 is 3. The number of nitrogens with zero attached hydrogens (tertiary/aromatic N) is 2. The van der Waals surface area contributed by atoms with E-state index >= 15 is 0 Å². The fourth-order valence-electron chi connectivity index (χ4n) is 2.03. The summed E-state index contributed by atoms with van der Waals surface area (Å²) >= 11 is 1.51. The highest BCUT2D eigenvalue weighted by atomic mass is 32.2. The van der Waals surface area contributed by atoms with Crippen LogP contribution < -0.4 is 19.9 Å². The topological polar surface area (TPSA) is 79.5 Å². The summed E-state index contributed by atoms with van der Waals surface area (Å²) in [7, 11) is 4.74. The second-order valence-electron chi connectivity index (χ2n) is 4.49. The number of thioether (sulfide) groups is 1. The minimum absolute atomic E-state index is 0.251. The van der Waals surface area contributed by atoms with Crippen LogP contribution in [0.15, 0.2) is 23.2 Å². The number of rotatable bonds is 6. The highest BCUT2D eigenvalue weighted by Gasteiger charge is 2.12. The summed E-state index contributed by atoms with van der Waals surface area (Å²) in [6.45, 7) is 0. The zero-order valence-corrected chi connectivity index (χ0v) is 14.3. The van der Waals surface area contributed by atoms with Gasteiger partial charge in [-0.05, 0) is 36.1 Å². The maximum atomic E-state index is 5.71. The van der Waals surface area contributed by atoms with Crippen molar-refractivity contribution in [1.29, 1.82) is 0 Å². The molecule has 0 saturated heterocycles. The van der Waals surface area contributed by atoms with Crippen LogP contribution in [0.1, 0.15) is 11.3 Å². The standard InChI is InChI=1S/C16H19N3O3S/c1-20-12-7-10(8-13(21-2)15(12)22-3)5-6-11-9-14(23-4)19-16(17)18-11/h5-9H,1-4H3,(H2,17,18,19)/b6-5+. The number of anilines is 1. The number of aromatic nitrogens is 2.